The number of hydrogen-bond donors (Lipinski definition) is 0. The first-order valence-electron chi connectivity index (χ1n) is 8.31. The smallest absolute Gasteiger partial charge is 0.371 e. The van der Waals surface area contributed by atoms with E-state index < -0.39 is 8.32 Å². The molecule has 3 nitrogen and oxygen atoms in total. The number of carbonyl (C=O) groups is 1. The highest BCUT2D eigenvalue weighted by atomic mass is 35.5. The Morgan fingerprint density at radius 1 is 1.13 bits per heavy atom. The van der Waals surface area contributed by atoms with Crippen LogP contribution in [0.2, 0.25) is 23.2 Å². The zero-order chi connectivity index (χ0) is 17.3. The summed E-state index contributed by atoms with van der Waals surface area (Å²) in [5.74, 6) is -0.0456. The van der Waals surface area contributed by atoms with E-state index in [1.165, 1.54) is 0 Å². The van der Waals surface area contributed by atoms with Crippen molar-refractivity contribution in [1.82, 2.24) is 0 Å². The Hall–Kier alpha value is -1.26. The molecular weight excluding hydrogens is 328 g/mol. The van der Waals surface area contributed by atoms with E-state index in [2.05, 4.69) is 20.8 Å². The normalized spacial score (nSPS) is 12.1. The van der Waals surface area contributed by atoms with Crippen molar-refractivity contribution in [1.29, 1.82) is 0 Å². The van der Waals surface area contributed by atoms with Gasteiger partial charge in [0.2, 0.25) is 0 Å². The Labute approximate surface area is 145 Å². The summed E-state index contributed by atoms with van der Waals surface area (Å²) in [7, 11) is -1.93. The maximum Gasteiger partial charge on any atom is 0.371 e. The molecule has 1 aromatic carbocycles. The number of benzene rings is 1. The second-order valence-corrected chi connectivity index (χ2v) is 10.5. The third kappa shape index (κ3) is 5.70. The monoisotopic (exact) mass is 354 g/mol. The van der Waals surface area contributed by atoms with E-state index in [9.17, 15) is 4.79 Å². The minimum absolute atomic E-state index is 0.337. The molecule has 0 amide bonds. The van der Waals surface area contributed by atoms with Crippen molar-refractivity contribution in [3.05, 3.63) is 46.7 Å². The van der Waals surface area contributed by atoms with Gasteiger partial charge in [0.15, 0.2) is 5.76 Å². The molecular formula is C18H27ClO3Si. The Kier molecular flexibility index (Phi) is 8.41. The number of ether oxygens (including phenoxy) is 1. The fourth-order valence-electron chi connectivity index (χ4n) is 2.44. The molecule has 0 unspecified atom stereocenters. The van der Waals surface area contributed by atoms with E-state index >= 15 is 0 Å². The molecule has 1 aromatic rings. The van der Waals surface area contributed by atoms with Crippen LogP contribution in [0.4, 0.5) is 0 Å². The van der Waals surface area contributed by atoms with Crippen LogP contribution < -0.4 is 0 Å². The fourth-order valence-corrected chi connectivity index (χ4v) is 5.21. The van der Waals surface area contributed by atoms with Gasteiger partial charge in [-0.05, 0) is 49.2 Å². The number of carbonyl (C=O) groups excluding carboxylic acids is 1. The summed E-state index contributed by atoms with van der Waals surface area (Å²) < 4.78 is 11.4. The highest BCUT2D eigenvalue weighted by Gasteiger charge is 2.33. The van der Waals surface area contributed by atoms with Crippen LogP contribution in [0.3, 0.4) is 0 Å². The largest absolute Gasteiger partial charge is 0.539 e. The van der Waals surface area contributed by atoms with Crippen molar-refractivity contribution < 1.29 is 14.0 Å². The van der Waals surface area contributed by atoms with Crippen LogP contribution in [-0.4, -0.2) is 20.9 Å². The van der Waals surface area contributed by atoms with Crippen molar-refractivity contribution in [2.75, 3.05) is 6.61 Å². The Balaban J connectivity index is 3.02. The molecule has 0 N–H and O–H groups in total. The summed E-state index contributed by atoms with van der Waals surface area (Å²) in [6.45, 7) is 8.54. The maximum absolute atomic E-state index is 12.2. The minimum Gasteiger partial charge on any atom is -0.539 e. The van der Waals surface area contributed by atoms with Gasteiger partial charge in [-0.25, -0.2) is 4.79 Å². The van der Waals surface area contributed by atoms with Gasteiger partial charge in [-0.3, -0.25) is 0 Å². The molecule has 0 fully saturated rings. The molecule has 0 aliphatic carbocycles. The van der Waals surface area contributed by atoms with E-state index in [0.717, 1.165) is 23.7 Å². The van der Waals surface area contributed by atoms with E-state index in [1.807, 2.05) is 30.3 Å². The highest BCUT2D eigenvalue weighted by molar-refractivity contribution is 6.74. The van der Waals surface area contributed by atoms with Gasteiger partial charge >= 0.3 is 5.97 Å². The molecule has 0 spiro atoms. The van der Waals surface area contributed by atoms with Crippen LogP contribution in [0.5, 0.6) is 0 Å². The summed E-state index contributed by atoms with van der Waals surface area (Å²) in [5, 5.41) is 0.692. The van der Waals surface area contributed by atoms with E-state index in [4.69, 9.17) is 20.8 Å². The minimum atomic E-state index is -1.93. The van der Waals surface area contributed by atoms with Gasteiger partial charge < -0.3 is 9.16 Å². The summed E-state index contributed by atoms with van der Waals surface area (Å²) in [6.07, 6.45) is 2.36. The topological polar surface area (TPSA) is 35.5 Å². The summed E-state index contributed by atoms with van der Waals surface area (Å²) in [6, 6.07) is 10.5. The van der Waals surface area contributed by atoms with Crippen molar-refractivity contribution in [3.8, 4) is 0 Å². The molecule has 0 atom stereocenters. The van der Waals surface area contributed by atoms with E-state index in [1.54, 1.807) is 6.92 Å². The lowest BCUT2D eigenvalue weighted by Crippen LogP contribution is -2.37. The predicted octanol–water partition coefficient (Wildman–Crippen LogP) is 5.35. The summed E-state index contributed by atoms with van der Waals surface area (Å²) in [4.78, 5) is 12.2. The predicted molar refractivity (Wildman–Crippen MR) is 98.2 cm³/mol. The number of allylic oxidation sites excluding steroid dienone is 1. The second kappa shape index (κ2) is 9.78. The van der Waals surface area contributed by atoms with Gasteiger partial charge in [0, 0.05) is 5.02 Å². The summed E-state index contributed by atoms with van der Waals surface area (Å²) in [5.41, 5.74) is 0.969. The van der Waals surface area contributed by atoms with Crippen LogP contribution in [0.15, 0.2) is 36.1 Å². The van der Waals surface area contributed by atoms with Crippen molar-refractivity contribution in [2.45, 2.75) is 52.2 Å². The fraction of sp³-hybridized carbons (Fsp3) is 0.500. The Morgan fingerprint density at radius 2 is 1.74 bits per heavy atom. The molecule has 1 rings (SSSR count). The first-order valence-corrected chi connectivity index (χ1v) is 11.2. The van der Waals surface area contributed by atoms with Gasteiger partial charge in [-0.15, -0.1) is 0 Å². The average molecular weight is 355 g/mol. The molecule has 128 valence electrons. The molecule has 0 saturated carbocycles. The lowest BCUT2D eigenvalue weighted by Gasteiger charge is -2.29. The zero-order valence-corrected chi connectivity index (χ0v) is 16.3. The second-order valence-electron chi connectivity index (χ2n) is 5.43. The molecule has 0 aromatic heterocycles. The van der Waals surface area contributed by atoms with Gasteiger partial charge in [-0.1, -0.05) is 50.6 Å². The van der Waals surface area contributed by atoms with Crippen LogP contribution in [-0.2, 0) is 20.4 Å². The first kappa shape index (κ1) is 19.8. The maximum atomic E-state index is 12.2. The number of esters is 1. The van der Waals surface area contributed by atoms with Crippen LogP contribution in [0.25, 0.3) is 0 Å². The lowest BCUT2D eigenvalue weighted by molar-refractivity contribution is -0.141. The molecule has 0 aliphatic rings. The highest BCUT2D eigenvalue weighted by Crippen LogP contribution is 2.26. The third-order valence-corrected chi connectivity index (χ3v) is 9.09. The van der Waals surface area contributed by atoms with Crippen molar-refractivity contribution >= 4 is 25.9 Å². The number of rotatable bonds is 9. The number of halogens is 1. The molecule has 0 heterocycles. The van der Waals surface area contributed by atoms with E-state index in [0.29, 0.717) is 23.8 Å². The van der Waals surface area contributed by atoms with Gasteiger partial charge in [0.25, 0.3) is 8.32 Å². The van der Waals surface area contributed by atoms with Gasteiger partial charge in [0.05, 0.1) is 6.61 Å². The van der Waals surface area contributed by atoms with Crippen LogP contribution >= 0.6 is 11.6 Å². The molecule has 0 saturated heterocycles. The molecule has 0 bridgehead atoms. The molecule has 0 radical (unpaired) electrons. The summed E-state index contributed by atoms with van der Waals surface area (Å²) >= 11 is 6.19. The molecule has 5 heteroatoms. The zero-order valence-electron chi connectivity index (χ0n) is 14.5. The third-order valence-electron chi connectivity index (χ3n) is 4.20. The van der Waals surface area contributed by atoms with Crippen molar-refractivity contribution in [2.24, 2.45) is 0 Å². The first-order chi connectivity index (χ1) is 11.0. The molecule has 23 heavy (non-hydrogen) atoms. The SMILES string of the molecule is CCOC(=O)/C(=C/Cc1ccccc1Cl)O[Si](CC)(CC)CC. The van der Waals surface area contributed by atoms with Gasteiger partial charge in [0.1, 0.15) is 0 Å². The lowest BCUT2D eigenvalue weighted by atomic mass is 10.1. The van der Waals surface area contributed by atoms with Crippen LogP contribution in [0.1, 0.15) is 33.3 Å². The van der Waals surface area contributed by atoms with Crippen LogP contribution in [0, 0.1) is 0 Å². The molecule has 0 aliphatic heterocycles. The average Bonchev–Trinajstić information content (AvgIpc) is 2.57. The van der Waals surface area contributed by atoms with Crippen molar-refractivity contribution in [3.63, 3.8) is 0 Å². The Morgan fingerprint density at radius 3 is 2.26 bits per heavy atom. The number of hydrogen-bond acceptors (Lipinski definition) is 3. The standard InChI is InChI=1S/C18H27ClO3Si/c1-5-21-18(20)17(22-23(6-2,7-3)8-4)14-13-15-11-9-10-12-16(15)19/h9-12,14H,5-8,13H2,1-4H3/b17-14-. The Bertz CT molecular complexity index is 531. The van der Waals surface area contributed by atoms with E-state index in [-0.39, 0.29) is 5.97 Å². The van der Waals surface area contributed by atoms with Gasteiger partial charge in [-0.2, -0.15) is 0 Å². The quantitative estimate of drug-likeness (QED) is 0.259.